The first-order valence-corrected chi connectivity index (χ1v) is 7.19. The van der Waals surface area contributed by atoms with Gasteiger partial charge in [0, 0.05) is 17.4 Å². The number of aryl methyl sites for hydroxylation is 1. The van der Waals surface area contributed by atoms with Gasteiger partial charge >= 0.3 is 6.03 Å². The lowest BCUT2D eigenvalue weighted by Crippen LogP contribution is -2.44. The zero-order valence-electron chi connectivity index (χ0n) is 12.1. The maximum Gasteiger partial charge on any atom is 0.326 e. The van der Waals surface area contributed by atoms with Crippen LogP contribution in [0.5, 0.6) is 0 Å². The molecule has 1 heterocycles. The van der Waals surface area contributed by atoms with Gasteiger partial charge in [-0.25, -0.2) is 13.6 Å². The molecule has 0 saturated heterocycles. The fraction of sp³-hybridized carbons (Fsp3) is 0.235. The van der Waals surface area contributed by atoms with E-state index < -0.39 is 5.82 Å². The van der Waals surface area contributed by atoms with Crippen LogP contribution in [0.25, 0.3) is 0 Å². The predicted molar refractivity (Wildman–Crippen MR) is 82.1 cm³/mol. The number of carbonyl (C=O) groups is 1. The molecule has 0 fully saturated rings. The van der Waals surface area contributed by atoms with Crippen molar-refractivity contribution in [2.75, 3.05) is 10.2 Å². The van der Waals surface area contributed by atoms with Crippen molar-refractivity contribution in [3.8, 4) is 0 Å². The summed E-state index contributed by atoms with van der Waals surface area (Å²) in [6.07, 6.45) is 1.49. The van der Waals surface area contributed by atoms with Gasteiger partial charge in [-0.1, -0.05) is 6.07 Å². The van der Waals surface area contributed by atoms with E-state index in [1.54, 1.807) is 17.0 Å². The van der Waals surface area contributed by atoms with Gasteiger partial charge in [0.2, 0.25) is 0 Å². The van der Waals surface area contributed by atoms with E-state index in [0.717, 1.165) is 18.4 Å². The van der Waals surface area contributed by atoms with E-state index in [4.69, 9.17) is 0 Å². The molecule has 0 unspecified atom stereocenters. The van der Waals surface area contributed by atoms with E-state index in [2.05, 4.69) is 5.32 Å². The Morgan fingerprint density at radius 3 is 2.73 bits per heavy atom. The molecule has 114 valence electrons. The summed E-state index contributed by atoms with van der Waals surface area (Å²) in [4.78, 5) is 14.1. The lowest BCUT2D eigenvalue weighted by molar-refractivity contribution is 0.254. The molecule has 2 amide bonds. The van der Waals surface area contributed by atoms with Crippen LogP contribution >= 0.6 is 0 Å². The number of benzene rings is 2. The Bertz CT molecular complexity index is 718. The molecule has 2 aromatic rings. The molecule has 1 aliphatic rings. The number of anilines is 2. The molecule has 0 radical (unpaired) electrons. The molecule has 22 heavy (non-hydrogen) atoms. The van der Waals surface area contributed by atoms with Gasteiger partial charge in [-0.2, -0.15) is 0 Å². The van der Waals surface area contributed by atoms with Crippen molar-refractivity contribution >= 4 is 17.4 Å². The second-order valence-electron chi connectivity index (χ2n) is 5.47. The normalized spacial score (nSPS) is 17.0. The Morgan fingerprint density at radius 2 is 1.95 bits per heavy atom. The van der Waals surface area contributed by atoms with Crippen LogP contribution in [0.2, 0.25) is 0 Å². The zero-order chi connectivity index (χ0) is 15.7. The molecule has 1 N–H and O–H groups in total. The average Bonchev–Trinajstić information content (AvgIpc) is 2.47. The maximum absolute atomic E-state index is 13.4. The first-order chi connectivity index (χ1) is 10.5. The molecule has 0 bridgehead atoms. The molecule has 5 heteroatoms. The highest BCUT2D eigenvalue weighted by Gasteiger charge is 2.28. The number of nitrogens with one attached hydrogen (secondary N) is 1. The van der Waals surface area contributed by atoms with Gasteiger partial charge in [-0.15, -0.1) is 0 Å². The summed E-state index contributed by atoms with van der Waals surface area (Å²) in [5.41, 5.74) is 1.91. The average molecular weight is 302 g/mol. The quantitative estimate of drug-likeness (QED) is 0.835. The van der Waals surface area contributed by atoms with Gasteiger partial charge < -0.3 is 5.32 Å². The van der Waals surface area contributed by atoms with Crippen molar-refractivity contribution < 1.29 is 13.6 Å². The molecule has 3 nitrogen and oxygen atoms in total. The molecule has 2 aromatic carbocycles. The van der Waals surface area contributed by atoms with E-state index in [1.807, 2.05) is 6.92 Å². The molecule has 1 atom stereocenters. The minimum atomic E-state index is -0.410. The fourth-order valence-electron chi connectivity index (χ4n) is 2.78. The molecule has 0 saturated carbocycles. The minimum absolute atomic E-state index is 0.00785. The van der Waals surface area contributed by atoms with Crippen molar-refractivity contribution in [2.45, 2.75) is 25.8 Å². The van der Waals surface area contributed by atoms with E-state index in [9.17, 15) is 13.6 Å². The molecular weight excluding hydrogens is 286 g/mol. The molecule has 0 aromatic heterocycles. The van der Waals surface area contributed by atoms with Crippen LogP contribution < -0.4 is 10.2 Å². The smallest absolute Gasteiger partial charge is 0.307 e. The number of fused-ring (bicyclic) bond motifs is 1. The van der Waals surface area contributed by atoms with Gasteiger partial charge in [-0.3, -0.25) is 4.90 Å². The molecular formula is C17H16F2N2O. The monoisotopic (exact) mass is 302 g/mol. The summed E-state index contributed by atoms with van der Waals surface area (Å²) in [7, 11) is 0. The second-order valence-corrected chi connectivity index (χ2v) is 5.47. The van der Waals surface area contributed by atoms with Crippen LogP contribution in [0.1, 0.15) is 18.9 Å². The van der Waals surface area contributed by atoms with Gasteiger partial charge in [0.15, 0.2) is 0 Å². The van der Waals surface area contributed by atoms with Crippen LogP contribution in [0, 0.1) is 11.6 Å². The van der Waals surface area contributed by atoms with E-state index in [-0.39, 0.29) is 17.9 Å². The maximum atomic E-state index is 13.4. The lowest BCUT2D eigenvalue weighted by Gasteiger charge is -2.35. The number of urea groups is 1. The van der Waals surface area contributed by atoms with E-state index in [0.29, 0.717) is 11.4 Å². The van der Waals surface area contributed by atoms with Crippen molar-refractivity contribution in [3.05, 3.63) is 59.7 Å². The molecule has 0 aliphatic carbocycles. The SMILES string of the molecule is C[C@@H]1CCc2cc(F)ccc2N1C(=O)Nc1cccc(F)c1. The van der Waals surface area contributed by atoms with Crippen LogP contribution in [-0.4, -0.2) is 12.1 Å². The number of halogens is 2. The van der Waals surface area contributed by atoms with Crippen LogP contribution in [0.15, 0.2) is 42.5 Å². The zero-order valence-corrected chi connectivity index (χ0v) is 12.1. The predicted octanol–water partition coefficient (Wildman–Crippen LogP) is 4.34. The molecule has 3 rings (SSSR count). The summed E-state index contributed by atoms with van der Waals surface area (Å²) >= 11 is 0. The number of nitrogens with zero attached hydrogens (tertiary/aromatic N) is 1. The summed E-state index contributed by atoms with van der Waals surface area (Å²) in [6.45, 7) is 1.94. The minimum Gasteiger partial charge on any atom is -0.307 e. The summed E-state index contributed by atoms with van der Waals surface area (Å²) in [5, 5.41) is 2.69. The van der Waals surface area contributed by atoms with Gasteiger partial charge in [-0.05, 0) is 61.7 Å². The third-order valence-corrected chi connectivity index (χ3v) is 3.87. The number of carbonyl (C=O) groups excluding carboxylic acids is 1. The second kappa shape index (κ2) is 5.75. The Labute approximate surface area is 127 Å². The van der Waals surface area contributed by atoms with Gasteiger partial charge in [0.05, 0.1) is 0 Å². The molecule has 0 spiro atoms. The van der Waals surface area contributed by atoms with Gasteiger partial charge in [0.25, 0.3) is 0 Å². The Hall–Kier alpha value is -2.43. The Balaban J connectivity index is 1.89. The number of hydrogen-bond acceptors (Lipinski definition) is 1. The number of rotatable bonds is 1. The van der Waals surface area contributed by atoms with E-state index in [1.165, 1.54) is 30.3 Å². The summed E-state index contributed by atoms with van der Waals surface area (Å²) < 4.78 is 26.6. The highest BCUT2D eigenvalue weighted by Crippen LogP contribution is 2.31. The fourth-order valence-corrected chi connectivity index (χ4v) is 2.78. The Kier molecular flexibility index (Phi) is 3.79. The summed E-state index contributed by atoms with van der Waals surface area (Å²) in [6, 6.07) is 9.82. The standard InChI is InChI=1S/C17H16F2N2O/c1-11-5-6-12-9-14(19)7-8-16(12)21(11)17(22)20-15-4-2-3-13(18)10-15/h2-4,7-11H,5-6H2,1H3,(H,20,22)/t11-/m1/s1. The first kappa shape index (κ1) is 14.5. The summed E-state index contributed by atoms with van der Waals surface area (Å²) in [5.74, 6) is -0.717. The largest absolute Gasteiger partial charge is 0.326 e. The Morgan fingerprint density at radius 1 is 1.18 bits per heavy atom. The van der Waals surface area contributed by atoms with E-state index >= 15 is 0 Å². The van der Waals surface area contributed by atoms with Crippen LogP contribution in [0.3, 0.4) is 0 Å². The van der Waals surface area contributed by atoms with Crippen molar-refractivity contribution in [1.82, 2.24) is 0 Å². The van der Waals surface area contributed by atoms with Crippen LogP contribution in [0.4, 0.5) is 25.0 Å². The third kappa shape index (κ3) is 2.79. The third-order valence-electron chi connectivity index (χ3n) is 3.87. The van der Waals surface area contributed by atoms with Crippen molar-refractivity contribution in [3.63, 3.8) is 0 Å². The van der Waals surface area contributed by atoms with Gasteiger partial charge in [0.1, 0.15) is 11.6 Å². The van der Waals surface area contributed by atoms with Crippen LogP contribution in [-0.2, 0) is 6.42 Å². The van der Waals surface area contributed by atoms with Crippen molar-refractivity contribution in [2.24, 2.45) is 0 Å². The topological polar surface area (TPSA) is 32.3 Å². The first-order valence-electron chi connectivity index (χ1n) is 7.19. The van der Waals surface area contributed by atoms with Crippen molar-refractivity contribution in [1.29, 1.82) is 0 Å². The number of hydrogen-bond donors (Lipinski definition) is 1. The lowest BCUT2D eigenvalue weighted by atomic mass is 9.97. The number of amides is 2. The molecule has 1 aliphatic heterocycles. The highest BCUT2D eigenvalue weighted by atomic mass is 19.1. The highest BCUT2D eigenvalue weighted by molar-refractivity contribution is 6.02.